The van der Waals surface area contributed by atoms with Crippen LogP contribution in [0.5, 0.6) is 0 Å². The van der Waals surface area contributed by atoms with Gasteiger partial charge in [-0.15, -0.1) is 0 Å². The fourth-order valence-corrected chi connectivity index (χ4v) is 3.39. The summed E-state index contributed by atoms with van der Waals surface area (Å²) in [7, 11) is 0. The summed E-state index contributed by atoms with van der Waals surface area (Å²) in [6.07, 6.45) is -2.04. The van der Waals surface area contributed by atoms with Gasteiger partial charge in [0.05, 0.1) is 21.7 Å². The molecule has 1 N–H and O–H groups in total. The van der Waals surface area contributed by atoms with Crippen LogP contribution in [0.4, 0.5) is 18.3 Å². The molecule has 0 aliphatic carbocycles. The molecule has 0 saturated carbocycles. The Morgan fingerprint density at radius 1 is 1.48 bits per heavy atom. The van der Waals surface area contributed by atoms with Crippen molar-refractivity contribution in [3.05, 3.63) is 23.8 Å². The van der Waals surface area contributed by atoms with E-state index >= 15 is 0 Å². The third kappa shape index (κ3) is 3.00. The fraction of sp³-hybridized carbons (Fsp3) is 0.357. The number of carbonyl (C=O) groups excluding carboxylic acids is 1. The molecule has 9 heteroatoms. The lowest BCUT2D eigenvalue weighted by Gasteiger charge is -2.14. The van der Waals surface area contributed by atoms with Gasteiger partial charge in [-0.1, -0.05) is 11.3 Å². The molecule has 120 valence electrons. The standard InChI is InChI=1S/C14H11F3N4OS/c15-14(16,17)9-1-2-10-11(5-9)23-13(20-10)21(7-18)12(22)8-3-4-19-6-8/h1-2,5,8,19H,3-4,6H2. The maximum atomic E-state index is 12.7. The molecule has 1 amide bonds. The number of hydrogen-bond donors (Lipinski definition) is 1. The van der Waals surface area contributed by atoms with Gasteiger partial charge in [0.1, 0.15) is 0 Å². The summed E-state index contributed by atoms with van der Waals surface area (Å²) in [6.45, 7) is 1.19. The van der Waals surface area contributed by atoms with Crippen molar-refractivity contribution in [2.45, 2.75) is 12.6 Å². The lowest BCUT2D eigenvalue weighted by Crippen LogP contribution is -2.33. The molecule has 1 aliphatic heterocycles. The fourth-order valence-electron chi connectivity index (χ4n) is 2.42. The average molecular weight is 340 g/mol. The summed E-state index contributed by atoms with van der Waals surface area (Å²) in [5.74, 6) is -0.694. The molecule has 23 heavy (non-hydrogen) atoms. The molecule has 1 fully saturated rings. The number of carbonyl (C=O) groups is 1. The average Bonchev–Trinajstić information content (AvgIpc) is 3.15. The molecule has 3 rings (SSSR count). The third-order valence-electron chi connectivity index (χ3n) is 3.63. The van der Waals surface area contributed by atoms with Crippen LogP contribution in [0, 0.1) is 17.4 Å². The van der Waals surface area contributed by atoms with Crippen molar-refractivity contribution in [1.29, 1.82) is 5.26 Å². The number of amides is 1. The van der Waals surface area contributed by atoms with E-state index in [0.717, 1.165) is 28.4 Å². The Kier molecular flexibility index (Phi) is 3.95. The van der Waals surface area contributed by atoms with Gasteiger partial charge < -0.3 is 5.32 Å². The maximum Gasteiger partial charge on any atom is 0.416 e. The number of hydrogen-bond acceptors (Lipinski definition) is 5. The first-order valence-electron chi connectivity index (χ1n) is 6.82. The molecule has 0 spiro atoms. The van der Waals surface area contributed by atoms with E-state index in [0.29, 0.717) is 25.0 Å². The van der Waals surface area contributed by atoms with E-state index in [1.54, 1.807) is 6.19 Å². The molecule has 1 aromatic carbocycles. The van der Waals surface area contributed by atoms with E-state index < -0.39 is 11.7 Å². The van der Waals surface area contributed by atoms with Crippen molar-refractivity contribution < 1.29 is 18.0 Å². The number of benzene rings is 1. The van der Waals surface area contributed by atoms with Gasteiger partial charge in [0.15, 0.2) is 6.19 Å². The zero-order chi connectivity index (χ0) is 16.6. The lowest BCUT2D eigenvalue weighted by atomic mass is 10.1. The van der Waals surface area contributed by atoms with Crippen LogP contribution in [0.15, 0.2) is 18.2 Å². The number of thiazole rings is 1. The quantitative estimate of drug-likeness (QED) is 0.674. The molecule has 1 aliphatic rings. The number of nitriles is 1. The highest BCUT2D eigenvalue weighted by molar-refractivity contribution is 7.22. The van der Waals surface area contributed by atoms with Crippen LogP contribution in [-0.4, -0.2) is 24.0 Å². The van der Waals surface area contributed by atoms with Gasteiger partial charge in [0.25, 0.3) is 0 Å². The second kappa shape index (κ2) is 5.79. The molecular formula is C14H11F3N4OS. The minimum atomic E-state index is -4.45. The second-order valence-electron chi connectivity index (χ2n) is 5.14. The number of anilines is 1. The number of alkyl halides is 3. The Bertz CT molecular complexity index is 789. The van der Waals surface area contributed by atoms with Gasteiger partial charge >= 0.3 is 6.18 Å². The first-order valence-corrected chi connectivity index (χ1v) is 7.64. The number of rotatable bonds is 2. The van der Waals surface area contributed by atoms with E-state index in [-0.39, 0.29) is 21.7 Å². The molecule has 5 nitrogen and oxygen atoms in total. The molecule has 0 radical (unpaired) electrons. The van der Waals surface area contributed by atoms with Gasteiger partial charge in [0.2, 0.25) is 11.0 Å². The minimum absolute atomic E-state index is 0.0960. The van der Waals surface area contributed by atoms with Crippen molar-refractivity contribution in [3.8, 4) is 6.19 Å². The van der Waals surface area contributed by atoms with Crippen LogP contribution >= 0.6 is 11.3 Å². The van der Waals surface area contributed by atoms with E-state index in [1.807, 2.05) is 0 Å². The van der Waals surface area contributed by atoms with Gasteiger partial charge in [0, 0.05) is 6.54 Å². The molecule has 1 unspecified atom stereocenters. The third-order valence-corrected chi connectivity index (χ3v) is 4.63. The smallest absolute Gasteiger partial charge is 0.316 e. The Balaban J connectivity index is 1.95. The summed E-state index contributed by atoms with van der Waals surface area (Å²) in [5, 5.41) is 12.4. The topological polar surface area (TPSA) is 69.0 Å². The molecule has 0 bridgehead atoms. The second-order valence-corrected chi connectivity index (χ2v) is 6.15. The minimum Gasteiger partial charge on any atom is -0.316 e. The summed E-state index contributed by atoms with van der Waals surface area (Å²) in [4.78, 5) is 17.3. The van der Waals surface area contributed by atoms with Crippen molar-refractivity contribution in [2.24, 2.45) is 5.92 Å². The number of halogens is 3. The van der Waals surface area contributed by atoms with Gasteiger partial charge in [-0.25, -0.2) is 4.98 Å². The molecule has 2 heterocycles. The molecular weight excluding hydrogens is 329 g/mol. The van der Waals surface area contributed by atoms with Gasteiger partial charge in [-0.05, 0) is 31.2 Å². The zero-order valence-electron chi connectivity index (χ0n) is 11.7. The number of nitrogens with one attached hydrogen (secondary N) is 1. The molecule has 2 aromatic rings. The van der Waals surface area contributed by atoms with Crippen LogP contribution in [0.1, 0.15) is 12.0 Å². The van der Waals surface area contributed by atoms with E-state index in [9.17, 15) is 23.2 Å². The number of nitrogens with zero attached hydrogens (tertiary/aromatic N) is 3. The van der Waals surface area contributed by atoms with E-state index in [2.05, 4.69) is 10.3 Å². The predicted octanol–water partition coefficient (Wildman–Crippen LogP) is 2.74. The van der Waals surface area contributed by atoms with E-state index in [4.69, 9.17) is 0 Å². The Morgan fingerprint density at radius 3 is 2.87 bits per heavy atom. The van der Waals surface area contributed by atoms with Crippen LogP contribution in [0.25, 0.3) is 10.2 Å². The highest BCUT2D eigenvalue weighted by Crippen LogP contribution is 2.35. The van der Waals surface area contributed by atoms with Crippen molar-refractivity contribution in [2.75, 3.05) is 18.0 Å². The molecule has 1 atom stereocenters. The van der Waals surface area contributed by atoms with Crippen molar-refractivity contribution >= 4 is 32.6 Å². The molecule has 1 saturated heterocycles. The maximum absolute atomic E-state index is 12.7. The zero-order valence-corrected chi connectivity index (χ0v) is 12.5. The first kappa shape index (κ1) is 15.7. The highest BCUT2D eigenvalue weighted by Gasteiger charge is 2.32. The summed E-state index contributed by atoms with van der Waals surface area (Å²) in [6, 6.07) is 3.16. The van der Waals surface area contributed by atoms with Crippen LogP contribution in [0.3, 0.4) is 0 Å². The lowest BCUT2D eigenvalue weighted by molar-refractivity contribution is -0.137. The number of fused-ring (bicyclic) bond motifs is 1. The Morgan fingerprint density at radius 2 is 2.26 bits per heavy atom. The first-order chi connectivity index (χ1) is 10.9. The monoisotopic (exact) mass is 340 g/mol. The van der Waals surface area contributed by atoms with Gasteiger partial charge in [-0.3, -0.25) is 4.79 Å². The summed E-state index contributed by atoms with van der Waals surface area (Å²) < 4.78 is 38.5. The number of aromatic nitrogens is 1. The van der Waals surface area contributed by atoms with Crippen LogP contribution < -0.4 is 10.2 Å². The molecule has 1 aromatic heterocycles. The van der Waals surface area contributed by atoms with Crippen LogP contribution in [-0.2, 0) is 11.0 Å². The largest absolute Gasteiger partial charge is 0.416 e. The Labute approximate surface area is 133 Å². The Hall–Kier alpha value is -2.18. The summed E-state index contributed by atoms with van der Waals surface area (Å²) >= 11 is 0.898. The predicted molar refractivity (Wildman–Crippen MR) is 78.7 cm³/mol. The van der Waals surface area contributed by atoms with E-state index in [1.165, 1.54) is 6.07 Å². The normalized spacial score (nSPS) is 18.1. The van der Waals surface area contributed by atoms with Gasteiger partial charge in [-0.2, -0.15) is 23.3 Å². The van der Waals surface area contributed by atoms with Crippen molar-refractivity contribution in [3.63, 3.8) is 0 Å². The van der Waals surface area contributed by atoms with Crippen LogP contribution in [0.2, 0.25) is 0 Å². The van der Waals surface area contributed by atoms with Crippen molar-refractivity contribution in [1.82, 2.24) is 10.3 Å². The SMILES string of the molecule is N#CN(C(=O)C1CCNC1)c1nc2ccc(C(F)(F)F)cc2s1. The highest BCUT2D eigenvalue weighted by atomic mass is 32.1. The summed E-state index contributed by atoms with van der Waals surface area (Å²) in [5.41, 5.74) is -0.453.